The van der Waals surface area contributed by atoms with Crippen LogP contribution < -0.4 is 10.4 Å². The average molecular weight is 735 g/mol. The predicted octanol–water partition coefficient (Wildman–Crippen LogP) is 9.10. The molecule has 0 saturated carbocycles. The molecular weight excluding hydrogens is 665 g/mol. The Morgan fingerprint density at radius 1 is 0.750 bits per heavy atom. The number of aliphatic hydroxyl groups excluding tert-OH is 1. The number of benzene rings is 2. The normalized spacial score (nSPS) is 21.9. The van der Waals surface area contributed by atoms with Crippen LogP contribution in [-0.2, 0) is 23.4 Å². The molecule has 2 heterocycles. The van der Waals surface area contributed by atoms with Crippen LogP contribution in [0.3, 0.4) is 0 Å². The molecule has 0 aliphatic carbocycles. The van der Waals surface area contributed by atoms with E-state index in [9.17, 15) is 5.11 Å². The van der Waals surface area contributed by atoms with Crippen LogP contribution in [-0.4, -0.2) is 70.6 Å². The zero-order valence-electron chi connectivity index (χ0n) is 33.2. The van der Waals surface area contributed by atoms with Crippen LogP contribution in [0.2, 0.25) is 5.04 Å². The fourth-order valence-corrected chi connectivity index (χ4v) is 12.8. The van der Waals surface area contributed by atoms with Gasteiger partial charge in [-0.25, -0.2) is 0 Å². The van der Waals surface area contributed by atoms with E-state index in [0.717, 1.165) is 38.5 Å². The molecule has 2 aromatic carbocycles. The Labute approximate surface area is 317 Å². The summed E-state index contributed by atoms with van der Waals surface area (Å²) in [4.78, 5) is 0. The maximum atomic E-state index is 11.0. The van der Waals surface area contributed by atoms with E-state index >= 15 is 0 Å². The molecule has 4 rings (SSSR count). The lowest BCUT2D eigenvalue weighted by Crippen LogP contribution is -2.66. The van der Waals surface area contributed by atoms with Crippen LogP contribution in [0, 0.1) is 11.8 Å². The Kier molecular flexibility index (Phi) is 18.9. The van der Waals surface area contributed by atoms with Crippen molar-refractivity contribution in [2.45, 2.75) is 179 Å². The van der Waals surface area contributed by atoms with Crippen LogP contribution in [0.5, 0.6) is 0 Å². The summed E-state index contributed by atoms with van der Waals surface area (Å²) < 4.78 is 31.4. The van der Waals surface area contributed by atoms with Crippen molar-refractivity contribution in [3.05, 3.63) is 60.7 Å². The summed E-state index contributed by atoms with van der Waals surface area (Å²) >= 11 is 0. The standard InChI is InChI=1S/C45H70O6Si/c1-6-7-8-9-10-11-12-13-14-23-30-41(48-36-47-5)42-33-34-44(51-42)43-32-31-40(50-43)39(46)29-22-17-24-35-49-52(45(2,3)4,37-25-18-15-19-26-37)38-27-20-16-21-28-38/h15-16,18-21,25-28,39-44,46H,6-14,23-24,29-36H2,1-5H3/t39-,40-,41+,42-,43-,44-/m1/s1. The molecule has 2 aliphatic heterocycles. The molecule has 0 radical (unpaired) electrons. The van der Waals surface area contributed by atoms with E-state index < -0.39 is 14.4 Å². The first-order chi connectivity index (χ1) is 25.3. The molecule has 0 bridgehead atoms. The van der Waals surface area contributed by atoms with E-state index in [4.69, 9.17) is 23.4 Å². The first-order valence-electron chi connectivity index (χ1n) is 20.6. The van der Waals surface area contributed by atoms with E-state index in [1.165, 1.54) is 68.2 Å². The van der Waals surface area contributed by atoms with Gasteiger partial charge in [0.25, 0.3) is 8.32 Å². The lowest BCUT2D eigenvalue weighted by Gasteiger charge is -2.43. The fourth-order valence-electron chi connectivity index (χ4n) is 8.26. The van der Waals surface area contributed by atoms with E-state index in [0.29, 0.717) is 26.2 Å². The SMILES string of the molecule is CCCCCCCCCCCC[C@H](OCOC)[C@H]1CC[C@H]([C@H]2CC[C@H]([C@H](O)CC#CCCO[Si](c3ccccc3)(c3ccccc3)C(C)(C)C)O2)O1. The van der Waals surface area contributed by atoms with Crippen molar-refractivity contribution in [3.63, 3.8) is 0 Å². The Bertz CT molecular complexity index is 1250. The van der Waals surface area contributed by atoms with Crippen molar-refractivity contribution >= 4 is 18.7 Å². The number of hydrogen-bond donors (Lipinski definition) is 1. The highest BCUT2D eigenvalue weighted by Gasteiger charge is 2.50. The first kappa shape index (κ1) is 42.7. The van der Waals surface area contributed by atoms with Gasteiger partial charge in [-0.15, -0.1) is 11.8 Å². The predicted molar refractivity (Wildman–Crippen MR) is 216 cm³/mol. The molecule has 1 N–H and O–H groups in total. The molecule has 2 aromatic rings. The zero-order valence-corrected chi connectivity index (χ0v) is 34.2. The van der Waals surface area contributed by atoms with Crippen molar-refractivity contribution < 1.29 is 28.5 Å². The van der Waals surface area contributed by atoms with Gasteiger partial charge in [0.2, 0.25) is 0 Å². The van der Waals surface area contributed by atoms with E-state index in [2.05, 4.69) is 100 Å². The number of hydrogen-bond acceptors (Lipinski definition) is 6. The summed E-state index contributed by atoms with van der Waals surface area (Å²) in [6, 6.07) is 21.4. The molecule has 0 aromatic heterocycles. The molecule has 0 amide bonds. The molecule has 0 unspecified atom stereocenters. The second kappa shape index (κ2) is 23.0. The maximum absolute atomic E-state index is 11.0. The summed E-state index contributed by atoms with van der Waals surface area (Å²) in [6.07, 6.45) is 18.3. The fraction of sp³-hybridized carbons (Fsp3) is 0.689. The van der Waals surface area contributed by atoms with Gasteiger partial charge in [0.1, 0.15) is 6.79 Å². The summed E-state index contributed by atoms with van der Waals surface area (Å²) in [6.45, 7) is 10.00. The molecule has 2 aliphatic rings. The van der Waals surface area contributed by atoms with Crippen molar-refractivity contribution in [2.24, 2.45) is 0 Å². The minimum atomic E-state index is -2.57. The first-order valence-corrected chi connectivity index (χ1v) is 22.5. The number of methoxy groups -OCH3 is 1. The molecule has 2 fully saturated rings. The van der Waals surface area contributed by atoms with Crippen molar-refractivity contribution in [1.29, 1.82) is 0 Å². The van der Waals surface area contributed by atoms with Gasteiger partial charge in [-0.05, 0) is 47.5 Å². The molecule has 2 saturated heterocycles. The van der Waals surface area contributed by atoms with Crippen molar-refractivity contribution in [1.82, 2.24) is 0 Å². The molecule has 0 spiro atoms. The Balaban J connectivity index is 1.19. The molecular formula is C45H70O6Si. The number of aliphatic hydroxyl groups is 1. The number of rotatable bonds is 23. The Morgan fingerprint density at radius 3 is 1.85 bits per heavy atom. The summed E-state index contributed by atoms with van der Waals surface area (Å²) in [5.41, 5.74) is 0. The van der Waals surface area contributed by atoms with Gasteiger partial charge in [0, 0.05) is 26.6 Å². The van der Waals surface area contributed by atoms with Gasteiger partial charge >= 0.3 is 0 Å². The maximum Gasteiger partial charge on any atom is 0.261 e. The highest BCUT2D eigenvalue weighted by atomic mass is 28.4. The van der Waals surface area contributed by atoms with Gasteiger partial charge in [-0.3, -0.25) is 0 Å². The summed E-state index contributed by atoms with van der Waals surface area (Å²) in [5, 5.41) is 13.5. The third-order valence-corrected chi connectivity index (χ3v) is 16.1. The monoisotopic (exact) mass is 734 g/mol. The summed E-state index contributed by atoms with van der Waals surface area (Å²) in [7, 11) is -0.890. The molecule has 6 nitrogen and oxygen atoms in total. The largest absolute Gasteiger partial charge is 0.406 e. The third kappa shape index (κ3) is 12.8. The quantitative estimate of drug-likeness (QED) is 0.0532. The highest BCUT2D eigenvalue weighted by Crippen LogP contribution is 2.37. The van der Waals surface area contributed by atoms with Gasteiger partial charge in [-0.1, -0.05) is 153 Å². The molecule has 290 valence electrons. The van der Waals surface area contributed by atoms with Crippen LogP contribution in [0.15, 0.2) is 60.7 Å². The van der Waals surface area contributed by atoms with E-state index in [1.807, 2.05) is 0 Å². The van der Waals surface area contributed by atoms with Crippen LogP contribution in [0.1, 0.15) is 137 Å². The minimum absolute atomic E-state index is 0.0119. The number of unbranched alkanes of at least 4 members (excludes halogenated alkanes) is 9. The zero-order chi connectivity index (χ0) is 37.1. The smallest absolute Gasteiger partial charge is 0.261 e. The van der Waals surface area contributed by atoms with Gasteiger partial charge in [0.05, 0.1) is 36.6 Å². The van der Waals surface area contributed by atoms with Crippen LogP contribution >= 0.6 is 0 Å². The molecule has 52 heavy (non-hydrogen) atoms. The average Bonchev–Trinajstić information content (AvgIpc) is 3.85. The lowest BCUT2D eigenvalue weighted by atomic mass is 10.0. The van der Waals surface area contributed by atoms with E-state index in [-0.39, 0.29) is 35.6 Å². The minimum Gasteiger partial charge on any atom is -0.406 e. The summed E-state index contributed by atoms with van der Waals surface area (Å²) in [5.74, 6) is 6.52. The Hall–Kier alpha value is -2.02. The van der Waals surface area contributed by atoms with Crippen LogP contribution in [0.25, 0.3) is 0 Å². The van der Waals surface area contributed by atoms with Crippen molar-refractivity contribution in [2.75, 3.05) is 20.5 Å². The van der Waals surface area contributed by atoms with E-state index in [1.54, 1.807) is 7.11 Å². The number of ether oxygens (including phenoxy) is 4. The van der Waals surface area contributed by atoms with Gasteiger partial charge < -0.3 is 28.5 Å². The second-order valence-corrected chi connectivity index (χ2v) is 20.4. The van der Waals surface area contributed by atoms with Gasteiger partial charge in [0.15, 0.2) is 0 Å². The van der Waals surface area contributed by atoms with Crippen molar-refractivity contribution in [3.8, 4) is 11.8 Å². The second-order valence-electron chi connectivity index (χ2n) is 16.0. The molecule has 6 atom stereocenters. The molecule has 7 heteroatoms. The third-order valence-electron chi connectivity index (χ3n) is 11.1. The Morgan fingerprint density at radius 2 is 1.29 bits per heavy atom. The lowest BCUT2D eigenvalue weighted by molar-refractivity contribution is -0.145. The van der Waals surface area contributed by atoms with Gasteiger partial charge in [-0.2, -0.15) is 0 Å². The highest BCUT2D eigenvalue weighted by molar-refractivity contribution is 6.99. The topological polar surface area (TPSA) is 66.4 Å². The van der Waals surface area contributed by atoms with Crippen LogP contribution in [0.4, 0.5) is 0 Å².